The van der Waals surface area contributed by atoms with E-state index in [9.17, 15) is 9.59 Å². The molecule has 0 aliphatic rings. The van der Waals surface area contributed by atoms with Crippen molar-refractivity contribution in [2.45, 2.75) is 13.2 Å². The molecule has 86 valence electrons. The summed E-state index contributed by atoms with van der Waals surface area (Å²) >= 11 is 0. The van der Waals surface area contributed by atoms with E-state index in [0.717, 1.165) is 6.07 Å². The monoisotopic (exact) mass is 226 g/mol. The molecule has 0 unspecified atom stereocenters. The van der Waals surface area contributed by atoms with Crippen LogP contribution in [0.4, 0.5) is 0 Å². The molecule has 0 saturated heterocycles. The lowest BCUT2D eigenvalue weighted by atomic mass is 9.99. The minimum Gasteiger partial charge on any atom is -0.478 e. The maximum Gasteiger partial charge on any atom is 0.336 e. The lowest BCUT2D eigenvalue weighted by molar-refractivity contribution is 0.0693. The normalized spacial score (nSPS) is 10.1. The predicted octanol–water partition coefficient (Wildman–Crippen LogP) is 0.0676. The number of aliphatic hydroxyl groups excluding tert-OH is 2. The molecule has 0 fully saturated rings. The number of hydrogen-bond donors (Lipinski definition) is 4. The van der Waals surface area contributed by atoms with Gasteiger partial charge in [-0.3, -0.25) is 0 Å². The van der Waals surface area contributed by atoms with E-state index in [1.165, 1.54) is 6.07 Å². The van der Waals surface area contributed by atoms with Crippen LogP contribution in [-0.4, -0.2) is 32.4 Å². The van der Waals surface area contributed by atoms with E-state index in [2.05, 4.69) is 0 Å². The van der Waals surface area contributed by atoms with E-state index in [4.69, 9.17) is 20.4 Å². The summed E-state index contributed by atoms with van der Waals surface area (Å²) in [4.78, 5) is 21.6. The van der Waals surface area contributed by atoms with Crippen molar-refractivity contribution in [3.63, 3.8) is 0 Å². The molecule has 0 heterocycles. The van der Waals surface area contributed by atoms with Crippen molar-refractivity contribution in [2.75, 3.05) is 0 Å². The van der Waals surface area contributed by atoms with Crippen molar-refractivity contribution < 1.29 is 30.0 Å². The predicted molar refractivity (Wildman–Crippen MR) is 52.2 cm³/mol. The fourth-order valence-corrected chi connectivity index (χ4v) is 1.36. The highest BCUT2D eigenvalue weighted by Crippen LogP contribution is 2.18. The molecule has 0 bridgehead atoms. The first kappa shape index (κ1) is 12.2. The van der Waals surface area contributed by atoms with E-state index < -0.39 is 25.2 Å². The number of aliphatic hydroxyl groups is 2. The zero-order valence-electron chi connectivity index (χ0n) is 8.17. The molecule has 16 heavy (non-hydrogen) atoms. The molecule has 1 rings (SSSR count). The van der Waals surface area contributed by atoms with Crippen LogP contribution in [0.1, 0.15) is 31.8 Å². The molecular weight excluding hydrogens is 216 g/mol. The van der Waals surface area contributed by atoms with Crippen molar-refractivity contribution in [3.05, 3.63) is 34.4 Å². The zero-order chi connectivity index (χ0) is 12.3. The lowest BCUT2D eigenvalue weighted by Crippen LogP contribution is -2.10. The number of carbonyl (C=O) groups is 2. The largest absolute Gasteiger partial charge is 0.478 e. The topological polar surface area (TPSA) is 115 Å². The van der Waals surface area contributed by atoms with Crippen LogP contribution in [-0.2, 0) is 13.2 Å². The first-order chi connectivity index (χ1) is 7.51. The number of rotatable bonds is 4. The second kappa shape index (κ2) is 4.73. The van der Waals surface area contributed by atoms with Gasteiger partial charge in [0.1, 0.15) is 0 Å². The number of carboxylic acids is 2. The first-order valence-corrected chi connectivity index (χ1v) is 4.35. The molecule has 6 nitrogen and oxygen atoms in total. The van der Waals surface area contributed by atoms with Gasteiger partial charge in [0, 0.05) is 0 Å². The van der Waals surface area contributed by atoms with Crippen LogP contribution in [0.3, 0.4) is 0 Å². The van der Waals surface area contributed by atoms with E-state index >= 15 is 0 Å². The highest BCUT2D eigenvalue weighted by atomic mass is 16.4. The summed E-state index contributed by atoms with van der Waals surface area (Å²) < 4.78 is 0. The third-order valence-corrected chi connectivity index (χ3v) is 2.13. The maximum atomic E-state index is 10.8. The van der Waals surface area contributed by atoms with E-state index in [1.54, 1.807) is 0 Å². The van der Waals surface area contributed by atoms with Gasteiger partial charge in [-0.25, -0.2) is 9.59 Å². The second-order valence-corrected chi connectivity index (χ2v) is 3.09. The van der Waals surface area contributed by atoms with Crippen LogP contribution in [0.2, 0.25) is 0 Å². The summed E-state index contributed by atoms with van der Waals surface area (Å²) in [5.74, 6) is -2.65. The number of benzene rings is 1. The molecule has 0 amide bonds. The van der Waals surface area contributed by atoms with Gasteiger partial charge in [-0.05, 0) is 23.3 Å². The molecule has 0 saturated carbocycles. The summed E-state index contributed by atoms with van der Waals surface area (Å²) in [5, 5.41) is 35.4. The summed E-state index contributed by atoms with van der Waals surface area (Å²) in [7, 11) is 0. The molecule has 0 atom stereocenters. The Kier molecular flexibility index (Phi) is 3.60. The van der Waals surface area contributed by atoms with Crippen molar-refractivity contribution in [2.24, 2.45) is 0 Å². The van der Waals surface area contributed by atoms with Crippen molar-refractivity contribution in [1.29, 1.82) is 0 Å². The van der Waals surface area contributed by atoms with Crippen LogP contribution >= 0.6 is 0 Å². The molecule has 0 radical (unpaired) electrons. The van der Waals surface area contributed by atoms with E-state index in [1.807, 2.05) is 0 Å². The molecule has 6 heteroatoms. The van der Waals surface area contributed by atoms with E-state index in [-0.39, 0.29) is 22.3 Å². The molecule has 4 N–H and O–H groups in total. The average molecular weight is 226 g/mol. The standard InChI is InChI=1S/C10H10O6/c11-3-5-1-6(4-12)8(10(15)16)2-7(5)9(13)14/h1-2,11-12H,3-4H2,(H,13,14)(H,15,16). The third kappa shape index (κ3) is 2.18. The number of aromatic carboxylic acids is 2. The average Bonchev–Trinajstić information content (AvgIpc) is 2.26. The molecule has 1 aromatic carbocycles. The minimum atomic E-state index is -1.32. The number of hydrogen-bond acceptors (Lipinski definition) is 4. The Morgan fingerprint density at radius 3 is 1.50 bits per heavy atom. The summed E-state index contributed by atoms with van der Waals surface area (Å²) in [6.07, 6.45) is 0. The SMILES string of the molecule is O=C(O)c1cc(C(=O)O)c(CO)cc1CO. The minimum absolute atomic E-state index is 0.0709. The van der Waals surface area contributed by atoms with Gasteiger partial charge in [0.15, 0.2) is 0 Å². The Balaban J connectivity index is 3.46. The number of carboxylic acid groups (broad SMARTS) is 2. The van der Waals surface area contributed by atoms with Gasteiger partial charge >= 0.3 is 11.9 Å². The van der Waals surface area contributed by atoms with Crippen molar-refractivity contribution >= 4 is 11.9 Å². The fourth-order valence-electron chi connectivity index (χ4n) is 1.36. The Labute approximate surface area is 90.4 Å². The van der Waals surface area contributed by atoms with Crippen LogP contribution in [0.15, 0.2) is 12.1 Å². The zero-order valence-corrected chi connectivity index (χ0v) is 8.17. The smallest absolute Gasteiger partial charge is 0.336 e. The van der Waals surface area contributed by atoms with Crippen LogP contribution < -0.4 is 0 Å². The van der Waals surface area contributed by atoms with Crippen LogP contribution in [0.5, 0.6) is 0 Å². The van der Waals surface area contributed by atoms with Crippen LogP contribution in [0, 0.1) is 0 Å². The first-order valence-electron chi connectivity index (χ1n) is 4.35. The summed E-state index contributed by atoms with van der Waals surface area (Å²) in [6, 6.07) is 2.11. The van der Waals surface area contributed by atoms with Gasteiger partial charge in [-0.1, -0.05) is 0 Å². The van der Waals surface area contributed by atoms with Gasteiger partial charge in [0.05, 0.1) is 24.3 Å². The Bertz CT molecular complexity index is 400. The molecule has 0 aliphatic heterocycles. The Morgan fingerprint density at radius 2 is 1.25 bits per heavy atom. The van der Waals surface area contributed by atoms with Crippen LogP contribution in [0.25, 0.3) is 0 Å². The van der Waals surface area contributed by atoms with Gasteiger partial charge in [-0.15, -0.1) is 0 Å². The van der Waals surface area contributed by atoms with Gasteiger partial charge in [0.2, 0.25) is 0 Å². The van der Waals surface area contributed by atoms with Gasteiger partial charge < -0.3 is 20.4 Å². The Hall–Kier alpha value is -1.92. The van der Waals surface area contributed by atoms with E-state index in [0.29, 0.717) is 0 Å². The highest BCUT2D eigenvalue weighted by molar-refractivity contribution is 5.96. The molecule has 0 spiro atoms. The third-order valence-electron chi connectivity index (χ3n) is 2.13. The van der Waals surface area contributed by atoms with Gasteiger partial charge in [0.25, 0.3) is 0 Å². The quantitative estimate of drug-likeness (QED) is 0.577. The van der Waals surface area contributed by atoms with Gasteiger partial charge in [-0.2, -0.15) is 0 Å². The summed E-state index contributed by atoms with van der Waals surface area (Å²) in [6.45, 7) is -1.07. The summed E-state index contributed by atoms with van der Waals surface area (Å²) in [5.41, 5.74) is -0.419. The second-order valence-electron chi connectivity index (χ2n) is 3.09. The Morgan fingerprint density at radius 1 is 0.875 bits per heavy atom. The highest BCUT2D eigenvalue weighted by Gasteiger charge is 2.17. The molecule has 1 aromatic rings. The van der Waals surface area contributed by atoms with Crippen molar-refractivity contribution in [3.8, 4) is 0 Å². The fraction of sp³-hybridized carbons (Fsp3) is 0.200. The van der Waals surface area contributed by atoms with Crippen molar-refractivity contribution in [1.82, 2.24) is 0 Å². The maximum absolute atomic E-state index is 10.8. The molecule has 0 aliphatic carbocycles. The molecule has 0 aromatic heterocycles. The molecular formula is C10H10O6. The lowest BCUT2D eigenvalue weighted by Gasteiger charge is -2.09.